The number of halogens is 3. The number of hydrogen-bond donors (Lipinski definition) is 2. The predicted octanol–water partition coefficient (Wildman–Crippen LogP) is 4.68. The minimum Gasteiger partial charge on any atom is -0.391 e. The highest BCUT2D eigenvalue weighted by Crippen LogP contribution is 2.61. The van der Waals surface area contributed by atoms with Gasteiger partial charge in [-0.3, -0.25) is 4.79 Å². The molecule has 5 aliphatic rings. The number of rotatable bonds is 5. The summed E-state index contributed by atoms with van der Waals surface area (Å²) in [5.74, 6) is 2.52. The third kappa shape index (κ3) is 4.25. The number of hydrogen-bond acceptors (Lipinski definition) is 5. The van der Waals surface area contributed by atoms with E-state index in [2.05, 4.69) is 15.3 Å². The highest BCUT2D eigenvalue weighted by atomic mass is 19.4. The summed E-state index contributed by atoms with van der Waals surface area (Å²) in [7, 11) is 0. The van der Waals surface area contributed by atoms with Crippen LogP contribution in [0.5, 0.6) is 0 Å². The van der Waals surface area contributed by atoms with Gasteiger partial charge in [0.05, 0.1) is 23.9 Å². The Bertz CT molecular complexity index is 1130. The summed E-state index contributed by atoms with van der Waals surface area (Å²) in [5.41, 5.74) is 0.784. The maximum atomic E-state index is 13.1. The molecule has 4 bridgehead atoms. The second-order valence-electron chi connectivity index (χ2n) is 11.4. The summed E-state index contributed by atoms with van der Waals surface area (Å²) in [4.78, 5) is 23.3. The lowest BCUT2D eigenvalue weighted by Crippen LogP contribution is -2.53. The van der Waals surface area contributed by atoms with Crippen molar-refractivity contribution in [3.63, 3.8) is 0 Å². The molecule has 36 heavy (non-hydrogen) atoms. The molecule has 1 aromatic carbocycles. The van der Waals surface area contributed by atoms with Crippen LogP contribution in [0.1, 0.15) is 65.7 Å². The number of amides is 1. The molecule has 2 heterocycles. The highest BCUT2D eigenvalue weighted by molar-refractivity contribution is 5.94. The van der Waals surface area contributed by atoms with Gasteiger partial charge in [0.2, 0.25) is 0 Å². The molecule has 0 spiro atoms. The predicted molar refractivity (Wildman–Crippen MR) is 127 cm³/mol. The van der Waals surface area contributed by atoms with E-state index in [-0.39, 0.29) is 17.5 Å². The molecule has 6 nitrogen and oxygen atoms in total. The molecular formula is C27H31F3N4O2. The Morgan fingerprint density at radius 1 is 1.14 bits per heavy atom. The van der Waals surface area contributed by atoms with Crippen LogP contribution in [0.15, 0.2) is 30.6 Å². The first-order valence-electron chi connectivity index (χ1n) is 12.9. The largest absolute Gasteiger partial charge is 0.416 e. The van der Waals surface area contributed by atoms with Gasteiger partial charge in [-0.25, -0.2) is 9.97 Å². The SMILES string of the molecule is O=C(c1cccc(C(F)(F)F)c1)N1CCc2c(ncnc2NCC(O)C23CC4CC(CC(C4)C2)C3)C1. The lowest BCUT2D eigenvalue weighted by atomic mass is 9.48. The van der Waals surface area contributed by atoms with Crippen molar-refractivity contribution in [1.29, 1.82) is 0 Å². The van der Waals surface area contributed by atoms with Crippen LogP contribution in [0.25, 0.3) is 0 Å². The average Bonchev–Trinajstić information content (AvgIpc) is 2.85. The van der Waals surface area contributed by atoms with Crippen LogP contribution in [0.3, 0.4) is 0 Å². The van der Waals surface area contributed by atoms with Crippen LogP contribution in [-0.4, -0.2) is 45.1 Å². The van der Waals surface area contributed by atoms with Crippen molar-refractivity contribution in [2.24, 2.45) is 23.2 Å². The molecule has 0 radical (unpaired) electrons. The monoisotopic (exact) mass is 500 g/mol. The summed E-state index contributed by atoms with van der Waals surface area (Å²) in [6, 6.07) is 4.53. The van der Waals surface area contributed by atoms with Crippen molar-refractivity contribution in [3.05, 3.63) is 53.0 Å². The molecule has 1 aliphatic heterocycles. The molecule has 4 saturated carbocycles. The van der Waals surface area contributed by atoms with Crippen LogP contribution in [-0.2, 0) is 19.1 Å². The fraction of sp³-hybridized carbons (Fsp3) is 0.593. The molecule has 1 unspecified atom stereocenters. The van der Waals surface area contributed by atoms with Crippen molar-refractivity contribution >= 4 is 11.7 Å². The van der Waals surface area contributed by atoms with Gasteiger partial charge < -0.3 is 15.3 Å². The van der Waals surface area contributed by atoms with Gasteiger partial charge in [-0.2, -0.15) is 13.2 Å². The van der Waals surface area contributed by atoms with Crippen LogP contribution < -0.4 is 5.32 Å². The van der Waals surface area contributed by atoms with Gasteiger partial charge in [0.1, 0.15) is 12.1 Å². The molecule has 7 rings (SSSR count). The molecule has 1 amide bonds. The van der Waals surface area contributed by atoms with Crippen molar-refractivity contribution < 1.29 is 23.1 Å². The maximum absolute atomic E-state index is 13.1. The maximum Gasteiger partial charge on any atom is 0.416 e. The van der Waals surface area contributed by atoms with Gasteiger partial charge in [-0.15, -0.1) is 0 Å². The van der Waals surface area contributed by atoms with Crippen molar-refractivity contribution in [2.75, 3.05) is 18.4 Å². The summed E-state index contributed by atoms with van der Waals surface area (Å²) in [6.45, 7) is 1.00. The fourth-order valence-electron chi connectivity index (χ4n) is 7.69. The summed E-state index contributed by atoms with van der Waals surface area (Å²) >= 11 is 0. The topological polar surface area (TPSA) is 78.4 Å². The third-order valence-electron chi connectivity index (χ3n) is 8.99. The van der Waals surface area contributed by atoms with E-state index in [4.69, 9.17) is 0 Å². The van der Waals surface area contributed by atoms with Gasteiger partial charge in [-0.1, -0.05) is 6.07 Å². The number of benzene rings is 1. The normalized spacial score (nSPS) is 29.7. The van der Waals surface area contributed by atoms with E-state index < -0.39 is 23.8 Å². The number of carbonyl (C=O) groups is 1. The van der Waals surface area contributed by atoms with Crippen LogP contribution in [0, 0.1) is 23.2 Å². The van der Waals surface area contributed by atoms with E-state index in [0.29, 0.717) is 31.0 Å². The number of aromatic nitrogens is 2. The molecule has 1 atom stereocenters. The lowest BCUT2D eigenvalue weighted by Gasteiger charge is -2.58. The molecule has 4 fully saturated rings. The fourth-order valence-corrected chi connectivity index (χ4v) is 7.69. The number of nitrogens with zero attached hydrogens (tertiary/aromatic N) is 3. The minimum absolute atomic E-state index is 0.0133. The Hall–Kier alpha value is -2.68. The zero-order chi connectivity index (χ0) is 25.1. The molecule has 1 aromatic heterocycles. The first-order chi connectivity index (χ1) is 17.2. The Kier molecular flexibility index (Phi) is 5.74. The number of nitrogens with one attached hydrogen (secondary N) is 1. The number of aliphatic hydroxyl groups is 1. The van der Waals surface area contributed by atoms with Gasteiger partial charge in [0.25, 0.3) is 5.91 Å². The molecule has 4 aliphatic carbocycles. The Labute approximate surface area is 208 Å². The summed E-state index contributed by atoms with van der Waals surface area (Å²) in [6.07, 6.45) is 4.35. The average molecular weight is 501 g/mol. The summed E-state index contributed by atoms with van der Waals surface area (Å²) < 4.78 is 39.3. The number of carbonyl (C=O) groups excluding carboxylic acids is 1. The molecule has 192 valence electrons. The van der Waals surface area contributed by atoms with E-state index in [1.807, 2.05) is 0 Å². The van der Waals surface area contributed by atoms with Crippen LogP contribution >= 0.6 is 0 Å². The summed E-state index contributed by atoms with van der Waals surface area (Å²) in [5, 5.41) is 14.6. The smallest absolute Gasteiger partial charge is 0.391 e. The molecule has 0 saturated heterocycles. The lowest BCUT2D eigenvalue weighted by molar-refractivity contribution is -0.137. The number of fused-ring (bicyclic) bond motifs is 1. The van der Waals surface area contributed by atoms with Gasteiger partial charge in [0.15, 0.2) is 0 Å². The van der Waals surface area contributed by atoms with E-state index >= 15 is 0 Å². The van der Waals surface area contributed by atoms with E-state index in [1.165, 1.54) is 42.6 Å². The van der Waals surface area contributed by atoms with E-state index in [1.54, 1.807) is 0 Å². The third-order valence-corrected chi connectivity index (χ3v) is 8.99. The second-order valence-corrected chi connectivity index (χ2v) is 11.4. The minimum atomic E-state index is -4.50. The Balaban J connectivity index is 1.13. The van der Waals surface area contributed by atoms with Gasteiger partial charge >= 0.3 is 6.18 Å². The van der Waals surface area contributed by atoms with Gasteiger partial charge in [0, 0.05) is 24.2 Å². The quantitative estimate of drug-likeness (QED) is 0.623. The van der Waals surface area contributed by atoms with Crippen molar-refractivity contribution in [1.82, 2.24) is 14.9 Å². The standard InChI is InChI=1S/C27H31F3N4O2/c28-27(29,30)20-3-1-2-19(9-20)25(36)34-5-4-21-22(14-34)32-15-33-24(21)31-13-23(35)26-10-16-6-17(11-26)8-18(7-16)12-26/h1-3,9,15-18,23,35H,4-8,10-14H2,(H,31,32,33). The number of anilines is 1. The van der Waals surface area contributed by atoms with Crippen molar-refractivity contribution in [3.8, 4) is 0 Å². The number of aliphatic hydroxyl groups excluding tert-OH is 1. The van der Waals surface area contributed by atoms with Crippen LogP contribution in [0.2, 0.25) is 0 Å². The first kappa shape index (κ1) is 23.7. The van der Waals surface area contributed by atoms with E-state index in [9.17, 15) is 23.1 Å². The Morgan fingerprint density at radius 3 is 2.50 bits per heavy atom. The molecule has 2 aromatic rings. The zero-order valence-electron chi connectivity index (χ0n) is 20.1. The van der Waals surface area contributed by atoms with Crippen molar-refractivity contribution in [2.45, 2.75) is 63.8 Å². The van der Waals surface area contributed by atoms with Crippen LogP contribution in [0.4, 0.5) is 19.0 Å². The zero-order valence-corrected chi connectivity index (χ0v) is 20.1. The van der Waals surface area contributed by atoms with E-state index in [0.717, 1.165) is 54.7 Å². The molecular weight excluding hydrogens is 469 g/mol. The first-order valence-corrected chi connectivity index (χ1v) is 12.9. The van der Waals surface area contributed by atoms with Gasteiger partial charge in [-0.05, 0) is 86.3 Å². The number of alkyl halides is 3. The molecule has 9 heteroatoms. The highest BCUT2D eigenvalue weighted by Gasteiger charge is 2.53. The second kappa shape index (κ2) is 8.71. The molecule has 2 N–H and O–H groups in total. The Morgan fingerprint density at radius 2 is 1.83 bits per heavy atom.